The molecule has 0 aromatic heterocycles. The van der Waals surface area contributed by atoms with Crippen molar-refractivity contribution in [3.8, 4) is 0 Å². The molecular weight excluding hydrogens is 392 g/mol. The van der Waals surface area contributed by atoms with Crippen molar-refractivity contribution in [1.82, 2.24) is 0 Å². The van der Waals surface area contributed by atoms with Crippen LogP contribution in [0.25, 0.3) is 0 Å². The molecule has 4 aromatic carbocycles. The van der Waals surface area contributed by atoms with Crippen LogP contribution in [0.15, 0.2) is 127 Å². The highest BCUT2D eigenvalue weighted by Gasteiger charge is 2.25. The predicted octanol–water partition coefficient (Wildman–Crippen LogP) is 7.34. The smallest absolute Gasteiger partial charge is 0.339 e. The van der Waals surface area contributed by atoms with Crippen LogP contribution >= 0.6 is 0 Å². The Bertz CT molecular complexity index is 1140. The molecule has 4 aromatic rings. The van der Waals surface area contributed by atoms with Crippen LogP contribution in [0.4, 0.5) is 0 Å². The van der Waals surface area contributed by atoms with E-state index in [4.69, 9.17) is 4.74 Å². The molecule has 2 heteroatoms. The molecular formula is C30H26O2. The number of rotatable bonds is 7. The lowest BCUT2D eigenvalue weighted by atomic mass is 9.83. The molecule has 0 fully saturated rings. The second kappa shape index (κ2) is 9.93. The summed E-state index contributed by atoms with van der Waals surface area (Å²) in [4.78, 5) is 13.5. The Labute approximate surface area is 189 Å². The lowest BCUT2D eigenvalue weighted by molar-refractivity contribution is 0.0370. The first-order valence-corrected chi connectivity index (χ1v) is 10.8. The summed E-state index contributed by atoms with van der Waals surface area (Å²) in [6.45, 7) is 5.94. The van der Waals surface area contributed by atoms with Crippen LogP contribution in [0.5, 0.6) is 0 Å². The summed E-state index contributed by atoms with van der Waals surface area (Å²) in [7, 11) is 0. The maximum atomic E-state index is 13.5. The van der Waals surface area contributed by atoms with Crippen molar-refractivity contribution in [3.05, 3.63) is 155 Å². The van der Waals surface area contributed by atoms with Gasteiger partial charge in [0.2, 0.25) is 0 Å². The first-order chi connectivity index (χ1) is 15.6. The first kappa shape index (κ1) is 21.3. The summed E-state index contributed by atoms with van der Waals surface area (Å²) in [5, 5.41) is 0. The lowest BCUT2D eigenvalue weighted by Gasteiger charge is -2.23. The molecule has 0 N–H and O–H groups in total. The van der Waals surface area contributed by atoms with Crippen molar-refractivity contribution >= 4 is 5.97 Å². The topological polar surface area (TPSA) is 26.3 Å². The number of carbonyl (C=O) groups is 1. The molecule has 4 rings (SSSR count). The highest BCUT2D eigenvalue weighted by atomic mass is 16.5. The summed E-state index contributed by atoms with van der Waals surface area (Å²) in [6.07, 6.45) is -0.497. The van der Waals surface area contributed by atoms with Gasteiger partial charge in [-0.15, -0.1) is 0 Å². The van der Waals surface area contributed by atoms with E-state index in [-0.39, 0.29) is 11.9 Å². The summed E-state index contributed by atoms with van der Waals surface area (Å²) in [5.74, 6) is -0.435. The molecule has 0 unspecified atom stereocenters. The van der Waals surface area contributed by atoms with Gasteiger partial charge in [-0.1, -0.05) is 116 Å². The Morgan fingerprint density at radius 2 is 1.09 bits per heavy atom. The third-order valence-corrected chi connectivity index (χ3v) is 5.53. The number of hydrogen-bond donors (Lipinski definition) is 0. The minimum absolute atomic E-state index is 0.0823. The third kappa shape index (κ3) is 4.70. The van der Waals surface area contributed by atoms with E-state index < -0.39 is 6.10 Å². The number of esters is 1. The summed E-state index contributed by atoms with van der Waals surface area (Å²) in [5.41, 5.74) is 5.42. The highest BCUT2D eigenvalue weighted by molar-refractivity contribution is 5.92. The molecule has 0 spiro atoms. The maximum absolute atomic E-state index is 13.5. The van der Waals surface area contributed by atoms with E-state index >= 15 is 0 Å². The standard InChI is InChI=1S/C30H26O2/c1-22(2)29(25-18-10-5-11-19-25)32-30(31)27-21-13-12-20-26(27)28(23-14-6-3-7-15-23)24-16-8-4-9-17-24/h3-21,28-29H,1H2,2H3/t29-/m1/s1. The van der Waals surface area contributed by atoms with Crippen LogP contribution in [0.1, 0.15) is 51.6 Å². The van der Waals surface area contributed by atoms with Crippen LogP contribution in [-0.2, 0) is 4.74 Å². The molecule has 0 saturated carbocycles. The van der Waals surface area contributed by atoms with Gasteiger partial charge in [0.25, 0.3) is 0 Å². The van der Waals surface area contributed by atoms with Gasteiger partial charge in [0, 0.05) is 5.92 Å². The minimum Gasteiger partial charge on any atom is -0.449 e. The lowest BCUT2D eigenvalue weighted by Crippen LogP contribution is -2.16. The molecule has 0 bridgehead atoms. The van der Waals surface area contributed by atoms with Gasteiger partial charge in [0.15, 0.2) is 0 Å². The summed E-state index contributed by atoms with van der Waals surface area (Å²) >= 11 is 0. The van der Waals surface area contributed by atoms with Crippen molar-refractivity contribution in [1.29, 1.82) is 0 Å². The van der Waals surface area contributed by atoms with Gasteiger partial charge >= 0.3 is 5.97 Å². The van der Waals surface area contributed by atoms with Gasteiger partial charge in [-0.05, 0) is 40.8 Å². The summed E-state index contributed by atoms with van der Waals surface area (Å²) < 4.78 is 6.01. The van der Waals surface area contributed by atoms with Gasteiger partial charge in [0.05, 0.1) is 5.56 Å². The minimum atomic E-state index is -0.497. The SMILES string of the molecule is C=C(C)[C@@H](OC(=O)c1ccccc1C(c1ccccc1)c1ccccc1)c1ccccc1. The molecule has 0 amide bonds. The van der Waals surface area contributed by atoms with Gasteiger partial charge in [-0.2, -0.15) is 0 Å². The molecule has 158 valence electrons. The second-order valence-corrected chi connectivity index (χ2v) is 7.88. The van der Waals surface area contributed by atoms with Gasteiger partial charge in [-0.3, -0.25) is 0 Å². The van der Waals surface area contributed by atoms with Crippen molar-refractivity contribution in [3.63, 3.8) is 0 Å². The quantitative estimate of drug-likeness (QED) is 0.178. The molecule has 32 heavy (non-hydrogen) atoms. The van der Waals surface area contributed by atoms with E-state index in [0.29, 0.717) is 5.56 Å². The van der Waals surface area contributed by atoms with E-state index in [1.54, 1.807) is 0 Å². The van der Waals surface area contributed by atoms with E-state index in [2.05, 4.69) is 30.8 Å². The normalized spacial score (nSPS) is 11.7. The van der Waals surface area contributed by atoms with Crippen molar-refractivity contribution in [2.24, 2.45) is 0 Å². The molecule has 0 heterocycles. The van der Waals surface area contributed by atoms with Crippen LogP contribution in [-0.4, -0.2) is 5.97 Å². The van der Waals surface area contributed by atoms with Gasteiger partial charge in [0.1, 0.15) is 6.10 Å². The fraction of sp³-hybridized carbons (Fsp3) is 0.100. The van der Waals surface area contributed by atoms with Crippen LogP contribution in [0.3, 0.4) is 0 Å². The van der Waals surface area contributed by atoms with E-state index in [1.807, 2.05) is 97.9 Å². The average molecular weight is 419 g/mol. The zero-order valence-electron chi connectivity index (χ0n) is 18.1. The van der Waals surface area contributed by atoms with Crippen LogP contribution in [0, 0.1) is 0 Å². The molecule has 0 radical (unpaired) electrons. The molecule has 0 aliphatic carbocycles. The molecule has 1 atom stereocenters. The first-order valence-electron chi connectivity index (χ1n) is 10.8. The molecule has 0 saturated heterocycles. The number of carbonyl (C=O) groups excluding carboxylic acids is 1. The van der Waals surface area contributed by atoms with E-state index in [1.165, 1.54) is 0 Å². The van der Waals surface area contributed by atoms with Gasteiger partial charge in [-0.25, -0.2) is 4.79 Å². The van der Waals surface area contributed by atoms with Crippen LogP contribution < -0.4 is 0 Å². The zero-order valence-corrected chi connectivity index (χ0v) is 18.1. The number of benzene rings is 4. The van der Waals surface area contributed by atoms with E-state index in [0.717, 1.165) is 27.8 Å². The fourth-order valence-corrected chi connectivity index (χ4v) is 4.03. The largest absolute Gasteiger partial charge is 0.449 e. The van der Waals surface area contributed by atoms with Gasteiger partial charge < -0.3 is 4.74 Å². The number of hydrogen-bond acceptors (Lipinski definition) is 2. The van der Waals surface area contributed by atoms with Crippen molar-refractivity contribution in [2.75, 3.05) is 0 Å². The Hall–Kier alpha value is -3.91. The van der Waals surface area contributed by atoms with E-state index in [9.17, 15) is 4.79 Å². The highest BCUT2D eigenvalue weighted by Crippen LogP contribution is 2.35. The summed E-state index contributed by atoms with van der Waals surface area (Å²) in [6, 6.07) is 37.9. The van der Waals surface area contributed by atoms with Crippen LogP contribution in [0.2, 0.25) is 0 Å². The number of ether oxygens (including phenoxy) is 1. The molecule has 0 aliphatic heterocycles. The third-order valence-electron chi connectivity index (χ3n) is 5.53. The Morgan fingerprint density at radius 3 is 1.59 bits per heavy atom. The Balaban J connectivity index is 1.75. The molecule has 2 nitrogen and oxygen atoms in total. The zero-order chi connectivity index (χ0) is 22.3. The van der Waals surface area contributed by atoms with Crippen molar-refractivity contribution in [2.45, 2.75) is 18.9 Å². The monoisotopic (exact) mass is 418 g/mol. The van der Waals surface area contributed by atoms with Crippen molar-refractivity contribution < 1.29 is 9.53 Å². The maximum Gasteiger partial charge on any atom is 0.339 e. The second-order valence-electron chi connectivity index (χ2n) is 7.88. The fourth-order valence-electron chi connectivity index (χ4n) is 4.03. The predicted molar refractivity (Wildman–Crippen MR) is 130 cm³/mol. The average Bonchev–Trinajstić information content (AvgIpc) is 2.84. The Morgan fingerprint density at radius 1 is 0.656 bits per heavy atom. The Kier molecular flexibility index (Phi) is 6.62. The molecule has 0 aliphatic rings.